The van der Waals surface area contributed by atoms with Crippen LogP contribution in [0.3, 0.4) is 0 Å². The van der Waals surface area contributed by atoms with E-state index in [0.717, 1.165) is 15.8 Å². The van der Waals surface area contributed by atoms with E-state index < -0.39 is 0 Å². The second kappa shape index (κ2) is 6.75. The minimum absolute atomic E-state index is 0.283. The molecule has 0 bridgehead atoms. The van der Waals surface area contributed by atoms with Crippen LogP contribution in [0.15, 0.2) is 46.9 Å². The fourth-order valence-electron chi connectivity index (χ4n) is 2.23. The van der Waals surface area contributed by atoms with E-state index in [4.69, 9.17) is 0 Å². The summed E-state index contributed by atoms with van der Waals surface area (Å²) in [7, 11) is 3.92. The number of anilines is 2. The van der Waals surface area contributed by atoms with E-state index >= 15 is 0 Å². The van der Waals surface area contributed by atoms with Gasteiger partial charge in [0, 0.05) is 23.2 Å². The predicted molar refractivity (Wildman–Crippen MR) is 90.8 cm³/mol. The number of halogens is 1. The summed E-state index contributed by atoms with van der Waals surface area (Å²) < 4.78 is 1.06. The maximum absolute atomic E-state index is 9.22. The Morgan fingerprint density at radius 3 is 2.57 bits per heavy atom. The van der Waals surface area contributed by atoms with Gasteiger partial charge < -0.3 is 10.2 Å². The number of nitrogens with zero attached hydrogens (tertiary/aromatic N) is 2. The maximum atomic E-state index is 9.22. The minimum Gasteiger partial charge on any atom is -0.344 e. The monoisotopic (exact) mass is 343 g/mol. The highest BCUT2D eigenvalue weighted by Crippen LogP contribution is 2.32. The Labute approximate surface area is 134 Å². The third-order valence-electron chi connectivity index (χ3n) is 3.66. The van der Waals surface area contributed by atoms with Gasteiger partial charge in [-0.25, -0.2) is 0 Å². The molecule has 0 aromatic heterocycles. The van der Waals surface area contributed by atoms with Crippen molar-refractivity contribution >= 4 is 27.3 Å². The average Bonchev–Trinajstić information content (AvgIpc) is 2.53. The molecule has 2 aromatic rings. The quantitative estimate of drug-likeness (QED) is 0.895. The van der Waals surface area contributed by atoms with Crippen LogP contribution in [-0.4, -0.2) is 14.1 Å². The highest BCUT2D eigenvalue weighted by molar-refractivity contribution is 9.10. The van der Waals surface area contributed by atoms with Crippen molar-refractivity contribution in [3.05, 3.63) is 58.1 Å². The molecule has 1 atom stereocenters. The molecule has 1 unspecified atom stereocenters. The largest absolute Gasteiger partial charge is 0.344 e. The number of rotatable bonds is 4. The molecule has 21 heavy (non-hydrogen) atoms. The lowest BCUT2D eigenvalue weighted by Gasteiger charge is -2.22. The predicted octanol–water partition coefficient (Wildman–Crippen LogP) is 4.37. The van der Waals surface area contributed by atoms with Crippen molar-refractivity contribution in [3.63, 3.8) is 0 Å². The molecular weight excluding hydrogens is 326 g/mol. The van der Waals surface area contributed by atoms with Crippen molar-refractivity contribution in [2.45, 2.75) is 13.0 Å². The van der Waals surface area contributed by atoms with Gasteiger partial charge in [0.15, 0.2) is 0 Å². The second-order valence-electron chi connectivity index (χ2n) is 4.90. The molecule has 4 heteroatoms. The third kappa shape index (κ3) is 3.26. The lowest BCUT2D eigenvalue weighted by Crippen LogP contribution is -2.14. The van der Waals surface area contributed by atoms with Gasteiger partial charge in [-0.1, -0.05) is 34.1 Å². The van der Waals surface area contributed by atoms with Crippen LogP contribution in [0.4, 0.5) is 11.4 Å². The van der Waals surface area contributed by atoms with Gasteiger partial charge in [0.25, 0.3) is 0 Å². The van der Waals surface area contributed by atoms with E-state index in [-0.39, 0.29) is 6.04 Å². The van der Waals surface area contributed by atoms with E-state index in [1.54, 1.807) is 0 Å². The molecular formula is C17H18BrN3. The molecule has 0 aliphatic heterocycles. The Kier molecular flexibility index (Phi) is 5.00. The summed E-state index contributed by atoms with van der Waals surface area (Å²) >= 11 is 3.63. The number of benzene rings is 2. The topological polar surface area (TPSA) is 39.1 Å². The molecule has 0 fully saturated rings. The maximum Gasteiger partial charge on any atom is 0.101 e. The van der Waals surface area contributed by atoms with Crippen LogP contribution >= 0.6 is 15.9 Å². The summed E-state index contributed by atoms with van der Waals surface area (Å²) in [6.45, 7) is 2.12. The molecule has 3 nitrogen and oxygen atoms in total. The van der Waals surface area contributed by atoms with Crippen LogP contribution in [0.1, 0.15) is 24.1 Å². The Morgan fingerprint density at radius 2 is 1.95 bits per heavy atom. The third-order valence-corrected chi connectivity index (χ3v) is 4.34. The number of para-hydroxylation sites is 1. The van der Waals surface area contributed by atoms with Gasteiger partial charge in [-0.15, -0.1) is 0 Å². The summed E-state index contributed by atoms with van der Waals surface area (Å²) in [5.41, 5.74) is 3.82. The smallest absolute Gasteiger partial charge is 0.101 e. The molecule has 0 spiro atoms. The Balaban J connectivity index is 2.39. The molecule has 1 N–H and O–H groups in total. The first-order valence-corrected chi connectivity index (χ1v) is 7.57. The van der Waals surface area contributed by atoms with Crippen LogP contribution in [0.2, 0.25) is 0 Å². The van der Waals surface area contributed by atoms with E-state index in [1.165, 1.54) is 5.56 Å². The first kappa shape index (κ1) is 15.6. The van der Waals surface area contributed by atoms with Crippen LogP contribution in [0.5, 0.6) is 0 Å². The van der Waals surface area contributed by atoms with E-state index in [9.17, 15) is 5.26 Å². The fourth-order valence-corrected chi connectivity index (χ4v) is 2.94. The van der Waals surface area contributed by atoms with Crippen molar-refractivity contribution in [1.82, 2.24) is 5.32 Å². The van der Waals surface area contributed by atoms with Crippen molar-refractivity contribution in [3.8, 4) is 6.07 Å². The molecule has 0 saturated heterocycles. The van der Waals surface area contributed by atoms with Gasteiger partial charge in [0.1, 0.15) is 6.07 Å². The van der Waals surface area contributed by atoms with Gasteiger partial charge in [-0.3, -0.25) is 0 Å². The molecule has 0 aliphatic carbocycles. The molecule has 2 rings (SSSR count). The molecule has 0 radical (unpaired) electrons. The van der Waals surface area contributed by atoms with E-state index in [2.05, 4.69) is 52.4 Å². The summed E-state index contributed by atoms with van der Waals surface area (Å²) in [6.07, 6.45) is 0. The summed E-state index contributed by atoms with van der Waals surface area (Å²) in [5, 5.41) is 12.5. The molecule has 108 valence electrons. The molecule has 0 heterocycles. The van der Waals surface area contributed by atoms with Crippen molar-refractivity contribution in [2.24, 2.45) is 0 Å². The molecule has 0 saturated carbocycles. The van der Waals surface area contributed by atoms with Gasteiger partial charge in [-0.05, 0) is 43.8 Å². The van der Waals surface area contributed by atoms with Gasteiger partial charge in [0.2, 0.25) is 0 Å². The highest BCUT2D eigenvalue weighted by atomic mass is 79.9. The molecule has 2 aromatic carbocycles. The highest BCUT2D eigenvalue weighted by Gasteiger charge is 2.12. The van der Waals surface area contributed by atoms with Crippen molar-refractivity contribution in [1.29, 1.82) is 5.26 Å². The minimum atomic E-state index is 0.283. The summed E-state index contributed by atoms with van der Waals surface area (Å²) in [6, 6.07) is 16.4. The van der Waals surface area contributed by atoms with Crippen LogP contribution in [0, 0.1) is 11.3 Å². The number of hydrogen-bond donors (Lipinski definition) is 1. The van der Waals surface area contributed by atoms with Crippen LogP contribution in [-0.2, 0) is 0 Å². The number of nitriles is 1. The molecule has 0 amide bonds. The van der Waals surface area contributed by atoms with Gasteiger partial charge in [-0.2, -0.15) is 5.26 Å². The zero-order valence-electron chi connectivity index (χ0n) is 12.4. The average molecular weight is 344 g/mol. The van der Waals surface area contributed by atoms with Crippen LogP contribution in [0.25, 0.3) is 0 Å². The zero-order chi connectivity index (χ0) is 15.4. The standard InChI is InChI=1S/C17H18BrN3/c1-12(20-2)15-9-8-14(10-16(15)18)21(3)17-7-5-4-6-13(17)11-19/h4-10,12,20H,1-3H3. The number of hydrogen-bond acceptors (Lipinski definition) is 3. The summed E-state index contributed by atoms with van der Waals surface area (Å²) in [4.78, 5) is 2.02. The Morgan fingerprint density at radius 1 is 1.24 bits per heavy atom. The first-order chi connectivity index (χ1) is 10.1. The first-order valence-electron chi connectivity index (χ1n) is 6.78. The normalized spacial score (nSPS) is 11.8. The zero-order valence-corrected chi connectivity index (χ0v) is 14.0. The summed E-state index contributed by atoms with van der Waals surface area (Å²) in [5.74, 6) is 0. The van der Waals surface area contributed by atoms with Gasteiger partial charge in [0.05, 0.1) is 11.3 Å². The lowest BCUT2D eigenvalue weighted by atomic mass is 10.1. The van der Waals surface area contributed by atoms with Gasteiger partial charge >= 0.3 is 0 Å². The Hall–Kier alpha value is -1.83. The van der Waals surface area contributed by atoms with E-state index in [0.29, 0.717) is 5.56 Å². The Bertz CT molecular complexity index is 676. The number of nitrogens with one attached hydrogen (secondary N) is 1. The van der Waals surface area contributed by atoms with Crippen LogP contribution < -0.4 is 10.2 Å². The lowest BCUT2D eigenvalue weighted by molar-refractivity contribution is 0.649. The molecule has 0 aliphatic rings. The fraction of sp³-hybridized carbons (Fsp3) is 0.235. The second-order valence-corrected chi connectivity index (χ2v) is 5.76. The SMILES string of the molecule is CNC(C)c1ccc(N(C)c2ccccc2C#N)cc1Br. The van der Waals surface area contributed by atoms with Crippen molar-refractivity contribution < 1.29 is 0 Å². The van der Waals surface area contributed by atoms with Crippen molar-refractivity contribution in [2.75, 3.05) is 19.0 Å². The van der Waals surface area contributed by atoms with E-state index in [1.807, 2.05) is 43.3 Å².